The lowest BCUT2D eigenvalue weighted by molar-refractivity contribution is -0.280. The molecule has 0 amide bonds. The molecular formula is C28H42O9S. The smallest absolute Gasteiger partial charge is 0.305 e. The third kappa shape index (κ3) is 13.3. The van der Waals surface area contributed by atoms with Crippen molar-refractivity contribution in [1.29, 1.82) is 0 Å². The molecule has 0 aromatic heterocycles. The Morgan fingerprint density at radius 2 is 1.11 bits per heavy atom. The second-order valence-electron chi connectivity index (χ2n) is 9.50. The van der Waals surface area contributed by atoms with Crippen LogP contribution < -0.4 is 0 Å². The van der Waals surface area contributed by atoms with E-state index in [1.165, 1.54) is 49.3 Å². The van der Waals surface area contributed by atoms with Crippen LogP contribution in [-0.2, 0) is 42.9 Å². The van der Waals surface area contributed by atoms with Gasteiger partial charge in [-0.05, 0) is 53.4 Å². The summed E-state index contributed by atoms with van der Waals surface area (Å²) in [4.78, 5) is 47.2. The molecular weight excluding hydrogens is 512 g/mol. The van der Waals surface area contributed by atoms with Gasteiger partial charge >= 0.3 is 23.9 Å². The van der Waals surface area contributed by atoms with E-state index in [1.807, 2.05) is 13.0 Å². The first-order valence-electron chi connectivity index (χ1n) is 12.7. The van der Waals surface area contributed by atoms with Crippen LogP contribution in [0.1, 0.15) is 81.1 Å². The molecule has 0 radical (unpaired) electrons. The van der Waals surface area contributed by atoms with Gasteiger partial charge in [0.2, 0.25) is 12.4 Å². The molecule has 9 nitrogen and oxygen atoms in total. The zero-order valence-electron chi connectivity index (χ0n) is 23.7. The number of ether oxygens (including phenoxy) is 5. The van der Waals surface area contributed by atoms with Gasteiger partial charge in [-0.3, -0.25) is 19.2 Å². The lowest BCUT2D eigenvalue weighted by atomic mass is 10.0. The highest BCUT2D eigenvalue weighted by molar-refractivity contribution is 7.99. The number of hydrogen-bond acceptors (Lipinski definition) is 10. The van der Waals surface area contributed by atoms with Crippen LogP contribution >= 0.6 is 11.8 Å². The molecule has 0 aromatic carbocycles. The van der Waals surface area contributed by atoms with Crippen molar-refractivity contribution in [1.82, 2.24) is 0 Å². The lowest BCUT2D eigenvalue weighted by Crippen LogP contribution is -2.61. The van der Waals surface area contributed by atoms with Crippen molar-refractivity contribution < 1.29 is 42.9 Å². The Kier molecular flexibility index (Phi) is 15.0. The van der Waals surface area contributed by atoms with Crippen LogP contribution in [0.15, 0.2) is 34.9 Å². The monoisotopic (exact) mass is 554 g/mol. The Hall–Kier alpha value is -2.59. The fourth-order valence-corrected chi connectivity index (χ4v) is 4.91. The van der Waals surface area contributed by atoms with E-state index in [2.05, 4.69) is 32.9 Å². The Labute approximate surface area is 230 Å². The van der Waals surface area contributed by atoms with Crippen LogP contribution in [0.25, 0.3) is 0 Å². The molecule has 0 aliphatic carbocycles. The van der Waals surface area contributed by atoms with Crippen LogP contribution in [0.3, 0.4) is 0 Å². The van der Waals surface area contributed by atoms with E-state index >= 15 is 0 Å². The fraction of sp³-hybridized carbons (Fsp3) is 0.643. The molecule has 5 atom stereocenters. The average Bonchev–Trinajstić information content (AvgIpc) is 2.77. The molecule has 1 aliphatic heterocycles. The minimum Gasteiger partial charge on any atom is -0.455 e. The second-order valence-corrected chi connectivity index (χ2v) is 10.6. The molecule has 214 valence electrons. The fourth-order valence-electron chi connectivity index (χ4n) is 3.75. The van der Waals surface area contributed by atoms with E-state index < -0.39 is 53.9 Å². The van der Waals surface area contributed by atoms with Crippen molar-refractivity contribution in [3.05, 3.63) is 34.9 Å². The summed E-state index contributed by atoms with van der Waals surface area (Å²) in [6.45, 7) is 13.1. The normalized spacial score (nSPS) is 23.7. The number of carbonyl (C=O) groups is 4. The SMILES string of the molecule is CC(=O)OC1OC(SC/C=C(/C)CC/C=C(\C)CCC=C(C)C)C(OC(C)=O)C(OC(C)=O)C1OC(C)=O. The molecule has 5 unspecified atom stereocenters. The summed E-state index contributed by atoms with van der Waals surface area (Å²) in [6.07, 6.45) is 5.44. The van der Waals surface area contributed by atoms with E-state index in [0.717, 1.165) is 32.6 Å². The van der Waals surface area contributed by atoms with Gasteiger partial charge < -0.3 is 23.7 Å². The molecule has 1 rings (SSSR count). The van der Waals surface area contributed by atoms with Crippen molar-refractivity contribution in [2.45, 2.75) is 111 Å². The molecule has 0 N–H and O–H groups in total. The minimum atomic E-state index is -1.35. The Morgan fingerprint density at radius 1 is 0.632 bits per heavy atom. The predicted molar refractivity (Wildman–Crippen MR) is 145 cm³/mol. The molecule has 0 saturated carbocycles. The van der Waals surface area contributed by atoms with Gasteiger partial charge in [0.1, 0.15) is 5.44 Å². The first kappa shape index (κ1) is 33.4. The van der Waals surface area contributed by atoms with Crippen LogP contribution in [0, 0.1) is 0 Å². The molecule has 1 saturated heterocycles. The second kappa shape index (κ2) is 17.1. The maximum atomic E-state index is 11.9. The zero-order valence-corrected chi connectivity index (χ0v) is 24.6. The molecule has 10 heteroatoms. The Bertz CT molecular complexity index is 917. The number of allylic oxidation sites excluding steroid dienone is 5. The van der Waals surface area contributed by atoms with Gasteiger partial charge in [0.05, 0.1) is 0 Å². The Morgan fingerprint density at radius 3 is 1.63 bits per heavy atom. The van der Waals surface area contributed by atoms with Crippen LogP contribution in [0.4, 0.5) is 0 Å². The van der Waals surface area contributed by atoms with E-state index in [9.17, 15) is 19.2 Å². The van der Waals surface area contributed by atoms with E-state index in [4.69, 9.17) is 23.7 Å². The summed E-state index contributed by atoms with van der Waals surface area (Å²) in [5, 5.41) is 0. The molecule has 0 spiro atoms. The van der Waals surface area contributed by atoms with Crippen molar-refractivity contribution in [2.24, 2.45) is 0 Å². The van der Waals surface area contributed by atoms with Crippen LogP contribution in [0.2, 0.25) is 0 Å². The summed E-state index contributed by atoms with van der Waals surface area (Å²) in [6, 6.07) is 0. The quantitative estimate of drug-likeness (QED) is 0.171. The summed E-state index contributed by atoms with van der Waals surface area (Å²) < 4.78 is 27.3. The van der Waals surface area contributed by atoms with Gasteiger partial charge in [0.25, 0.3) is 0 Å². The van der Waals surface area contributed by atoms with Crippen molar-refractivity contribution in [3.63, 3.8) is 0 Å². The molecule has 1 heterocycles. The molecule has 0 bridgehead atoms. The number of carbonyl (C=O) groups excluding carboxylic acids is 4. The highest BCUT2D eigenvalue weighted by Crippen LogP contribution is 2.35. The third-order valence-electron chi connectivity index (χ3n) is 5.46. The topological polar surface area (TPSA) is 114 Å². The maximum absolute atomic E-state index is 11.9. The maximum Gasteiger partial charge on any atom is 0.305 e. The van der Waals surface area contributed by atoms with Crippen LogP contribution in [-0.4, -0.2) is 59.7 Å². The standard InChI is InChI=1S/C28H42O9S/c1-17(2)11-9-12-18(3)13-10-14-19(4)15-16-38-28-26(35-22(7)31)24(33-20(5)29)25(34-21(6)30)27(37-28)36-23(8)32/h11,13,15,24-28H,9-10,12,14,16H2,1-8H3/b18-13+,19-15-. The van der Waals surface area contributed by atoms with Gasteiger partial charge in [-0.15, -0.1) is 11.8 Å². The number of rotatable bonds is 13. The van der Waals surface area contributed by atoms with Gasteiger partial charge in [0.15, 0.2) is 12.2 Å². The van der Waals surface area contributed by atoms with Crippen molar-refractivity contribution in [2.75, 3.05) is 5.75 Å². The number of esters is 4. The number of hydrogen-bond donors (Lipinski definition) is 0. The minimum absolute atomic E-state index is 0.495. The largest absolute Gasteiger partial charge is 0.455 e. The van der Waals surface area contributed by atoms with Gasteiger partial charge in [-0.25, -0.2) is 0 Å². The zero-order chi connectivity index (χ0) is 28.8. The van der Waals surface area contributed by atoms with E-state index in [0.29, 0.717) is 5.75 Å². The summed E-state index contributed by atoms with van der Waals surface area (Å²) in [7, 11) is 0. The van der Waals surface area contributed by atoms with Crippen molar-refractivity contribution >= 4 is 35.6 Å². The molecule has 1 fully saturated rings. The summed E-state index contributed by atoms with van der Waals surface area (Å²) in [5.74, 6) is -2.21. The first-order valence-corrected chi connectivity index (χ1v) is 13.8. The van der Waals surface area contributed by atoms with E-state index in [-0.39, 0.29) is 0 Å². The molecule has 0 aromatic rings. The van der Waals surface area contributed by atoms with Gasteiger partial charge in [-0.1, -0.05) is 34.9 Å². The van der Waals surface area contributed by atoms with Crippen molar-refractivity contribution in [3.8, 4) is 0 Å². The predicted octanol–water partition coefficient (Wildman–Crippen LogP) is 5.18. The highest BCUT2D eigenvalue weighted by atomic mass is 32.2. The first-order chi connectivity index (χ1) is 17.8. The average molecular weight is 555 g/mol. The lowest BCUT2D eigenvalue weighted by Gasteiger charge is -2.43. The summed E-state index contributed by atoms with van der Waals surface area (Å²) in [5.41, 5.74) is 3.00. The van der Waals surface area contributed by atoms with Crippen LogP contribution in [0.5, 0.6) is 0 Å². The number of thioether (sulfide) groups is 1. The Balaban J connectivity index is 2.97. The summed E-state index contributed by atoms with van der Waals surface area (Å²) >= 11 is 1.29. The van der Waals surface area contributed by atoms with E-state index in [1.54, 1.807) is 0 Å². The third-order valence-corrected chi connectivity index (χ3v) is 6.52. The highest BCUT2D eigenvalue weighted by Gasteiger charge is 2.53. The van der Waals surface area contributed by atoms with Gasteiger partial charge in [-0.2, -0.15) is 0 Å². The molecule has 38 heavy (non-hydrogen) atoms. The van der Waals surface area contributed by atoms with Gasteiger partial charge in [0, 0.05) is 33.4 Å². The molecule has 1 aliphatic rings.